The van der Waals surface area contributed by atoms with E-state index in [-0.39, 0.29) is 18.0 Å². The van der Waals surface area contributed by atoms with Crippen molar-refractivity contribution in [2.75, 3.05) is 36.8 Å². The molecule has 0 spiro atoms. The quantitative estimate of drug-likeness (QED) is 0.0909. The minimum atomic E-state index is -5.08. The number of esters is 2. The largest absolute Gasteiger partial charge is 0.490 e. The van der Waals surface area contributed by atoms with E-state index in [1.165, 1.54) is 58.4 Å². The number of anilines is 2. The van der Waals surface area contributed by atoms with Crippen LogP contribution in [-0.2, 0) is 37.0 Å². The zero-order chi connectivity index (χ0) is 54.0. The van der Waals surface area contributed by atoms with E-state index in [9.17, 15) is 27.6 Å². The molecule has 21 heteroatoms. The summed E-state index contributed by atoms with van der Waals surface area (Å²) in [7, 11) is 0. The van der Waals surface area contributed by atoms with Gasteiger partial charge in [-0.3, -0.25) is 14.4 Å². The molecule has 4 aromatic carbocycles. The van der Waals surface area contributed by atoms with Gasteiger partial charge >= 0.3 is 24.1 Å². The van der Waals surface area contributed by atoms with Crippen molar-refractivity contribution in [3.05, 3.63) is 141 Å². The number of benzene rings is 4. The van der Waals surface area contributed by atoms with Gasteiger partial charge in [0.1, 0.15) is 0 Å². The summed E-state index contributed by atoms with van der Waals surface area (Å²) in [5, 5.41) is 36.8. The van der Waals surface area contributed by atoms with Crippen LogP contribution in [0.3, 0.4) is 0 Å². The average molecular weight is 1070 g/mol. The Kier molecular flexibility index (Phi) is 18.3. The maximum absolute atomic E-state index is 11.7. The maximum atomic E-state index is 11.7. The number of nitrogens with zero attached hydrogens (tertiary/aromatic N) is 7. The zero-order valence-corrected chi connectivity index (χ0v) is 43.5. The second-order valence-electron chi connectivity index (χ2n) is 18.1. The first-order chi connectivity index (χ1) is 35.7. The predicted octanol–water partition coefficient (Wildman–Crippen LogP) is 10.7. The summed E-state index contributed by atoms with van der Waals surface area (Å²) in [4.78, 5) is 42.1. The van der Waals surface area contributed by atoms with Crippen molar-refractivity contribution in [3.8, 4) is 22.5 Å². The van der Waals surface area contributed by atoms with E-state index in [1.54, 1.807) is 6.92 Å². The molecular weight excluding hydrogens is 1010 g/mol. The van der Waals surface area contributed by atoms with Crippen molar-refractivity contribution in [2.24, 2.45) is 0 Å². The van der Waals surface area contributed by atoms with Crippen LogP contribution in [0.15, 0.2) is 97.1 Å². The van der Waals surface area contributed by atoms with Crippen molar-refractivity contribution < 1.29 is 42.2 Å². The van der Waals surface area contributed by atoms with Crippen LogP contribution in [0.4, 0.5) is 24.5 Å². The summed E-state index contributed by atoms with van der Waals surface area (Å²) in [6.45, 7) is 13.1. The molecule has 0 saturated heterocycles. The van der Waals surface area contributed by atoms with Gasteiger partial charge in [-0.25, -0.2) is 14.2 Å². The number of nitrogens with one attached hydrogen (secondary N) is 3. The van der Waals surface area contributed by atoms with Gasteiger partial charge in [0, 0.05) is 86.0 Å². The minimum Gasteiger partial charge on any atom is -0.475 e. The van der Waals surface area contributed by atoms with E-state index >= 15 is 0 Å². The summed E-state index contributed by atoms with van der Waals surface area (Å²) in [6, 6.07) is 29.7. The molecule has 4 N–H and O–H groups in total. The van der Waals surface area contributed by atoms with Crippen LogP contribution in [0.1, 0.15) is 92.2 Å². The number of aliphatic carboxylic acids is 1. The van der Waals surface area contributed by atoms with E-state index in [1.807, 2.05) is 76.6 Å². The van der Waals surface area contributed by atoms with Gasteiger partial charge in [0.25, 0.3) is 0 Å². The van der Waals surface area contributed by atoms with Crippen molar-refractivity contribution in [3.63, 3.8) is 0 Å². The highest BCUT2D eigenvalue weighted by Crippen LogP contribution is 2.41. The lowest BCUT2D eigenvalue weighted by atomic mass is 9.90. The average Bonchev–Trinajstić information content (AvgIpc) is 3.84. The number of hydrogen-bond acceptors (Lipinski definition) is 12. The lowest BCUT2D eigenvalue weighted by molar-refractivity contribution is -0.192. The topological polar surface area (TPSA) is 198 Å². The molecule has 16 nitrogen and oxygen atoms in total. The van der Waals surface area contributed by atoms with Crippen molar-refractivity contribution in [1.82, 2.24) is 40.2 Å². The van der Waals surface area contributed by atoms with E-state index in [2.05, 4.69) is 89.9 Å². The van der Waals surface area contributed by atoms with Gasteiger partial charge in [-0.05, 0) is 140 Å². The van der Waals surface area contributed by atoms with Crippen molar-refractivity contribution in [1.29, 1.82) is 0 Å². The van der Waals surface area contributed by atoms with E-state index < -0.39 is 24.1 Å². The number of aryl methyl sites for hydroxylation is 4. The normalized spacial score (nSPS) is 16.5. The maximum Gasteiger partial charge on any atom is 0.490 e. The number of alkyl halides is 3. The number of carbonyl (C=O) groups excluding carboxylic acids is 3. The van der Waals surface area contributed by atoms with Crippen LogP contribution in [-0.4, -0.2) is 96.2 Å². The summed E-state index contributed by atoms with van der Waals surface area (Å²) in [5.41, 5.74) is 16.4. The molecule has 6 heterocycles. The van der Waals surface area contributed by atoms with Crippen LogP contribution < -0.4 is 16.0 Å². The van der Waals surface area contributed by atoms with E-state index in [0.29, 0.717) is 6.54 Å². The van der Waals surface area contributed by atoms with Crippen LogP contribution in [0.2, 0.25) is 10.0 Å². The summed E-state index contributed by atoms with van der Waals surface area (Å²) in [6.07, 6.45) is 3.17. The number of fused-ring (bicyclic) bond motifs is 6. The molecule has 2 unspecified atom stereocenters. The molecule has 0 saturated carbocycles. The number of amides is 1. The second-order valence-corrected chi connectivity index (χ2v) is 19.0. The number of hydrogen-bond donors (Lipinski definition) is 4. The number of carboxylic acids is 1. The number of aromatic nitrogens is 6. The van der Waals surface area contributed by atoms with Gasteiger partial charge in [0.05, 0.1) is 34.9 Å². The Morgan fingerprint density at radius 1 is 0.680 bits per heavy atom. The monoisotopic (exact) mass is 1070 g/mol. The third-order valence-corrected chi connectivity index (χ3v) is 13.3. The van der Waals surface area contributed by atoms with Gasteiger partial charge < -0.3 is 30.7 Å². The summed E-state index contributed by atoms with van der Waals surface area (Å²) in [5.74, 6) is -3.75. The summed E-state index contributed by atoms with van der Waals surface area (Å²) < 4.78 is 39.8. The molecule has 2 aromatic heterocycles. The van der Waals surface area contributed by atoms with Gasteiger partial charge in [0.15, 0.2) is 0 Å². The predicted molar refractivity (Wildman–Crippen MR) is 282 cm³/mol. The molecule has 0 aliphatic carbocycles. The fraction of sp³-hybridized carbons (Fsp3) is 0.333. The molecule has 10 rings (SSSR count). The lowest BCUT2D eigenvalue weighted by Crippen LogP contribution is -2.32. The van der Waals surface area contributed by atoms with Gasteiger partial charge in [0.2, 0.25) is 5.91 Å². The lowest BCUT2D eigenvalue weighted by Gasteiger charge is -2.26. The molecule has 0 radical (unpaired) electrons. The number of rotatable bonds is 6. The third-order valence-electron chi connectivity index (χ3n) is 12.8. The fourth-order valence-electron chi connectivity index (χ4n) is 9.23. The van der Waals surface area contributed by atoms with E-state index in [0.717, 1.165) is 103 Å². The number of ether oxygens (including phenoxy) is 1. The molecule has 0 bridgehead atoms. The smallest absolute Gasteiger partial charge is 0.475 e. The number of carbonyl (C=O) groups is 4. The van der Waals surface area contributed by atoms with Crippen LogP contribution in [0.25, 0.3) is 33.7 Å². The Morgan fingerprint density at radius 2 is 1.13 bits per heavy atom. The fourth-order valence-corrected chi connectivity index (χ4v) is 9.48. The highest BCUT2D eigenvalue weighted by molar-refractivity contribution is 6.30. The highest BCUT2D eigenvalue weighted by Gasteiger charge is 2.38. The standard InChI is InChI=1S/C25H26ClN5O.C23H24ClN5.C4H6O3.C2HF3O2/c1-16-25-22-8-3-19(18-9-12-30(13-10-18)17(2)32)15-23(22)24(11-14-31(25)29-28-16)27-21-6-4-20(26)5-7-21;1-15-23-20-7-2-17(16-8-11-25-12-9-16)14-21(20)22(10-13-29(23)28-27-15)26-19-5-3-18(24)4-6-19;1-3(5)7-4(2)6;3-2(4,5)1(6)7/h3-9,15,24,27H,10-14H2,1-2H3;2-8,14,22,25-26H,9-13H2,1H3;1-2H3;(H,6,7). The molecule has 1 amide bonds. The Balaban J connectivity index is 0.000000175. The Hall–Kier alpha value is -7.35. The molecular formula is C54H57Cl2F3N10O6. The second kappa shape index (κ2) is 24.8. The SMILES string of the molecule is CC(=O)N1CC=C(c2ccc3c(c2)C(Nc2ccc(Cl)cc2)CCn2nnc(C)c2-3)CC1.CC(=O)OC(C)=O.Cc1nnn2c1-c1ccc(C3=CCNCC3)cc1C(Nc1ccc(Cl)cc1)CC2.O=C(O)C(F)(F)F. The Bertz CT molecular complexity index is 3090. The molecule has 4 aliphatic heterocycles. The molecule has 4 aliphatic rings. The van der Waals surface area contributed by atoms with Crippen molar-refractivity contribution in [2.45, 2.75) is 91.7 Å². The number of halogens is 5. The first-order valence-corrected chi connectivity index (χ1v) is 25.0. The van der Waals surface area contributed by atoms with Crippen LogP contribution in [0, 0.1) is 13.8 Å². The van der Waals surface area contributed by atoms with Crippen molar-refractivity contribution >= 4 is 69.5 Å². The van der Waals surface area contributed by atoms with Crippen LogP contribution >= 0.6 is 23.2 Å². The molecule has 6 aromatic rings. The molecule has 75 heavy (non-hydrogen) atoms. The van der Waals surface area contributed by atoms with Gasteiger partial charge in [-0.15, -0.1) is 10.2 Å². The van der Waals surface area contributed by atoms with Crippen LogP contribution in [0.5, 0.6) is 0 Å². The minimum absolute atomic E-state index is 0.130. The number of carboxylic acid groups (broad SMARTS) is 1. The highest BCUT2D eigenvalue weighted by atomic mass is 35.5. The Morgan fingerprint density at radius 3 is 1.49 bits per heavy atom. The first kappa shape index (κ1) is 55.4. The Labute approximate surface area is 441 Å². The first-order valence-electron chi connectivity index (χ1n) is 24.2. The van der Waals surface area contributed by atoms with Gasteiger partial charge in [-0.1, -0.05) is 70.0 Å². The summed E-state index contributed by atoms with van der Waals surface area (Å²) >= 11 is 12.2. The van der Waals surface area contributed by atoms with Gasteiger partial charge in [-0.2, -0.15) is 13.2 Å². The van der Waals surface area contributed by atoms with E-state index in [4.69, 9.17) is 33.1 Å². The zero-order valence-electron chi connectivity index (χ0n) is 42.0. The molecule has 394 valence electrons. The third kappa shape index (κ3) is 14.5. The molecule has 0 fully saturated rings. The molecule has 2 atom stereocenters.